The van der Waals surface area contributed by atoms with Crippen molar-refractivity contribution in [1.29, 1.82) is 5.26 Å². The lowest BCUT2D eigenvalue weighted by Crippen LogP contribution is -2.29. The van der Waals surface area contributed by atoms with Crippen LogP contribution < -0.4 is 4.90 Å². The zero-order valence-corrected chi connectivity index (χ0v) is 14.2. The average molecular weight is 318 g/mol. The van der Waals surface area contributed by atoms with E-state index >= 15 is 0 Å². The summed E-state index contributed by atoms with van der Waals surface area (Å²) in [6.07, 6.45) is 0. The van der Waals surface area contributed by atoms with Gasteiger partial charge in [-0.25, -0.2) is 4.98 Å². The van der Waals surface area contributed by atoms with Gasteiger partial charge in [0.1, 0.15) is 17.6 Å². The number of hydrogen-bond acceptors (Lipinski definition) is 4. The number of rotatable bonds is 2. The quantitative estimate of drug-likeness (QED) is 0.854. The smallest absolute Gasteiger partial charge is 0.142 e. The molecule has 24 heavy (non-hydrogen) atoms. The molecule has 3 heterocycles. The molecule has 0 N–H and O–H groups in total. The first-order valence-corrected chi connectivity index (χ1v) is 8.55. The Hall–Kier alpha value is -2.38. The van der Waals surface area contributed by atoms with Crippen molar-refractivity contribution in [2.24, 2.45) is 11.8 Å². The highest BCUT2D eigenvalue weighted by Gasteiger charge is 2.46. The Balaban J connectivity index is 1.61. The Morgan fingerprint density at radius 2 is 1.92 bits per heavy atom. The largest absolute Gasteiger partial charge is 0.356 e. The molecule has 1 aromatic carbocycles. The lowest BCUT2D eigenvalue weighted by atomic mass is 9.88. The highest BCUT2D eigenvalue weighted by atomic mass is 15.3. The van der Waals surface area contributed by atoms with Gasteiger partial charge in [0.15, 0.2) is 0 Å². The molecule has 2 saturated heterocycles. The summed E-state index contributed by atoms with van der Waals surface area (Å²) in [5, 5.41) is 9.08. The number of likely N-dealkylation sites (tertiary alicyclic amines) is 1. The van der Waals surface area contributed by atoms with Crippen LogP contribution in [-0.4, -0.2) is 36.6 Å². The second-order valence-electron chi connectivity index (χ2n) is 7.06. The van der Waals surface area contributed by atoms with Crippen LogP contribution in [0, 0.1) is 30.1 Å². The number of nitriles is 1. The van der Waals surface area contributed by atoms with Gasteiger partial charge in [0.25, 0.3) is 0 Å². The Morgan fingerprint density at radius 1 is 1.08 bits per heavy atom. The summed E-state index contributed by atoms with van der Waals surface area (Å²) >= 11 is 0. The van der Waals surface area contributed by atoms with Crippen molar-refractivity contribution in [3.8, 4) is 6.07 Å². The van der Waals surface area contributed by atoms with Gasteiger partial charge in [-0.3, -0.25) is 4.90 Å². The van der Waals surface area contributed by atoms with E-state index in [4.69, 9.17) is 5.26 Å². The molecule has 4 rings (SSSR count). The predicted octanol–water partition coefficient (Wildman–Crippen LogP) is 3.00. The van der Waals surface area contributed by atoms with E-state index in [0.29, 0.717) is 23.6 Å². The minimum atomic E-state index is 0.473. The van der Waals surface area contributed by atoms with E-state index in [1.165, 1.54) is 11.1 Å². The first-order valence-electron chi connectivity index (χ1n) is 8.55. The highest BCUT2D eigenvalue weighted by molar-refractivity contribution is 5.44. The van der Waals surface area contributed by atoms with Gasteiger partial charge in [0.05, 0.1) is 0 Å². The predicted molar refractivity (Wildman–Crippen MR) is 94.7 cm³/mol. The van der Waals surface area contributed by atoms with Gasteiger partial charge in [-0.2, -0.15) is 5.26 Å². The molecule has 0 aliphatic carbocycles. The van der Waals surface area contributed by atoms with Crippen molar-refractivity contribution in [3.63, 3.8) is 0 Å². The summed E-state index contributed by atoms with van der Waals surface area (Å²) in [7, 11) is 2.24. The first kappa shape index (κ1) is 15.2. The molecule has 2 fully saturated rings. The highest BCUT2D eigenvalue weighted by Crippen LogP contribution is 2.45. The normalized spacial score (nSPS) is 26.4. The van der Waals surface area contributed by atoms with Crippen molar-refractivity contribution in [2.45, 2.75) is 13.0 Å². The van der Waals surface area contributed by atoms with E-state index in [2.05, 4.69) is 59.1 Å². The minimum Gasteiger partial charge on any atom is -0.356 e. The molecule has 3 atom stereocenters. The van der Waals surface area contributed by atoms with Crippen LogP contribution in [0.4, 0.5) is 5.82 Å². The monoisotopic (exact) mass is 318 g/mol. The second-order valence-corrected chi connectivity index (χ2v) is 7.06. The Labute approximate surface area is 143 Å². The van der Waals surface area contributed by atoms with E-state index < -0.39 is 0 Å². The van der Waals surface area contributed by atoms with Gasteiger partial charge in [0.2, 0.25) is 0 Å². The number of hydrogen-bond donors (Lipinski definition) is 0. The van der Waals surface area contributed by atoms with E-state index in [1.807, 2.05) is 12.1 Å². The molecule has 122 valence electrons. The van der Waals surface area contributed by atoms with E-state index in [0.717, 1.165) is 25.5 Å². The van der Waals surface area contributed by atoms with Gasteiger partial charge in [-0.05, 0) is 43.1 Å². The number of nitrogens with zero attached hydrogens (tertiary/aromatic N) is 4. The second kappa shape index (κ2) is 5.92. The summed E-state index contributed by atoms with van der Waals surface area (Å²) in [4.78, 5) is 9.35. The van der Waals surface area contributed by atoms with Crippen LogP contribution in [0.5, 0.6) is 0 Å². The van der Waals surface area contributed by atoms with Crippen LogP contribution in [-0.2, 0) is 0 Å². The molecule has 2 aliphatic rings. The van der Waals surface area contributed by atoms with E-state index in [1.54, 1.807) is 6.07 Å². The molecule has 0 radical (unpaired) electrons. The summed E-state index contributed by atoms with van der Waals surface area (Å²) in [6, 6.07) is 17.1. The number of anilines is 1. The average Bonchev–Trinajstić information content (AvgIpc) is 3.12. The van der Waals surface area contributed by atoms with Crippen LogP contribution in [0.1, 0.15) is 22.9 Å². The summed E-state index contributed by atoms with van der Waals surface area (Å²) < 4.78 is 0. The van der Waals surface area contributed by atoms with Crippen LogP contribution in [0.2, 0.25) is 0 Å². The van der Waals surface area contributed by atoms with Crippen molar-refractivity contribution >= 4 is 5.82 Å². The maximum atomic E-state index is 9.08. The van der Waals surface area contributed by atoms with Crippen molar-refractivity contribution in [1.82, 2.24) is 9.88 Å². The SMILES string of the molecule is Cc1ccccc1[C@H]1[C@@H]2CN(c3cccc(C#N)n3)C[C@@H]2CN1C. The molecule has 4 heteroatoms. The van der Waals surface area contributed by atoms with Crippen LogP contribution >= 0.6 is 0 Å². The number of benzene rings is 1. The van der Waals surface area contributed by atoms with Crippen LogP contribution in [0.25, 0.3) is 0 Å². The fraction of sp³-hybridized carbons (Fsp3) is 0.400. The Bertz CT molecular complexity index is 794. The molecule has 0 amide bonds. The number of aryl methyl sites for hydroxylation is 1. The van der Waals surface area contributed by atoms with Gasteiger partial charge in [-0.1, -0.05) is 30.3 Å². The lowest BCUT2D eigenvalue weighted by molar-refractivity contribution is 0.279. The summed E-state index contributed by atoms with van der Waals surface area (Å²) in [5.41, 5.74) is 3.32. The van der Waals surface area contributed by atoms with Crippen molar-refractivity contribution in [2.75, 3.05) is 31.6 Å². The third-order valence-corrected chi connectivity index (χ3v) is 5.57. The summed E-state index contributed by atoms with van der Waals surface area (Å²) in [6.45, 7) is 5.37. The zero-order chi connectivity index (χ0) is 16.7. The van der Waals surface area contributed by atoms with E-state index in [-0.39, 0.29) is 0 Å². The van der Waals surface area contributed by atoms with Crippen LogP contribution in [0.3, 0.4) is 0 Å². The van der Waals surface area contributed by atoms with Gasteiger partial charge in [-0.15, -0.1) is 0 Å². The van der Waals surface area contributed by atoms with Gasteiger partial charge < -0.3 is 4.90 Å². The van der Waals surface area contributed by atoms with Crippen molar-refractivity contribution in [3.05, 3.63) is 59.3 Å². The molecular formula is C20H22N4. The number of aromatic nitrogens is 1. The lowest BCUT2D eigenvalue weighted by Gasteiger charge is -2.28. The molecule has 2 aliphatic heterocycles. The zero-order valence-electron chi connectivity index (χ0n) is 14.2. The maximum Gasteiger partial charge on any atom is 0.142 e. The minimum absolute atomic E-state index is 0.473. The maximum absolute atomic E-state index is 9.08. The Morgan fingerprint density at radius 3 is 2.71 bits per heavy atom. The first-order chi connectivity index (χ1) is 11.7. The summed E-state index contributed by atoms with van der Waals surface area (Å²) in [5.74, 6) is 2.21. The third kappa shape index (κ3) is 2.46. The Kier molecular flexibility index (Phi) is 3.74. The molecule has 0 spiro atoms. The number of fused-ring (bicyclic) bond motifs is 1. The third-order valence-electron chi connectivity index (χ3n) is 5.57. The molecule has 1 aromatic heterocycles. The van der Waals surface area contributed by atoms with Gasteiger partial charge in [0, 0.05) is 31.6 Å². The topological polar surface area (TPSA) is 43.2 Å². The molecule has 0 bridgehead atoms. The molecule has 0 unspecified atom stereocenters. The molecule has 2 aromatic rings. The van der Waals surface area contributed by atoms with Gasteiger partial charge >= 0.3 is 0 Å². The van der Waals surface area contributed by atoms with E-state index in [9.17, 15) is 0 Å². The fourth-order valence-corrected chi connectivity index (χ4v) is 4.49. The fourth-order valence-electron chi connectivity index (χ4n) is 4.49. The molecule has 0 saturated carbocycles. The standard InChI is InChI=1S/C20H22N4/c1-14-6-3-4-8-17(14)20-18-13-24(12-15(18)11-23(20)2)19-9-5-7-16(10-21)22-19/h3-9,15,18,20H,11-13H2,1-2H3/t15-,18+,20-/m0/s1. The molecule has 4 nitrogen and oxygen atoms in total. The van der Waals surface area contributed by atoms with Crippen LogP contribution in [0.15, 0.2) is 42.5 Å². The van der Waals surface area contributed by atoms with Crippen molar-refractivity contribution < 1.29 is 0 Å². The molecular weight excluding hydrogens is 296 g/mol. The number of pyridine rings is 1.